The smallest absolute Gasteiger partial charge is 0.146 e. The van der Waals surface area contributed by atoms with E-state index in [2.05, 4.69) is 10.3 Å². The first kappa shape index (κ1) is 10.2. The highest BCUT2D eigenvalue weighted by Crippen LogP contribution is 2.29. The van der Waals surface area contributed by atoms with Crippen molar-refractivity contribution in [1.82, 2.24) is 4.98 Å². The molecule has 0 bridgehead atoms. The third-order valence-electron chi connectivity index (χ3n) is 2.98. The number of aliphatic hydroxyl groups is 3. The van der Waals surface area contributed by atoms with E-state index in [9.17, 15) is 10.2 Å². The molecular weight excluding hydrogens is 220 g/mol. The van der Waals surface area contributed by atoms with Crippen molar-refractivity contribution in [1.29, 1.82) is 0 Å². The molecule has 0 spiro atoms. The number of hydrogen-bond acceptors (Lipinski definition) is 4. The number of hydrogen-bond donors (Lipinski definition) is 5. The molecule has 0 aliphatic heterocycles. The van der Waals surface area contributed by atoms with Crippen LogP contribution in [0.25, 0.3) is 10.9 Å². The molecule has 1 aromatic carbocycles. The molecule has 0 fully saturated rings. The van der Waals surface area contributed by atoms with E-state index in [0.29, 0.717) is 0 Å². The maximum absolute atomic E-state index is 9.44. The van der Waals surface area contributed by atoms with Crippen molar-refractivity contribution in [3.8, 4) is 0 Å². The summed E-state index contributed by atoms with van der Waals surface area (Å²) in [7, 11) is 0. The van der Waals surface area contributed by atoms with Crippen molar-refractivity contribution in [2.24, 2.45) is 0 Å². The SMILES string of the molecule is OC1=C(Nc2ccc3[nH]ccc3c2)C(O)C1O. The highest BCUT2D eigenvalue weighted by Gasteiger charge is 2.38. The molecule has 1 aromatic heterocycles. The fraction of sp³-hybridized carbons (Fsp3) is 0.167. The number of rotatable bonds is 2. The van der Waals surface area contributed by atoms with E-state index >= 15 is 0 Å². The maximum Gasteiger partial charge on any atom is 0.146 e. The van der Waals surface area contributed by atoms with E-state index in [1.807, 2.05) is 30.5 Å². The van der Waals surface area contributed by atoms with E-state index in [1.165, 1.54) is 0 Å². The largest absolute Gasteiger partial charge is 0.507 e. The molecule has 88 valence electrons. The number of benzene rings is 1. The zero-order valence-electron chi connectivity index (χ0n) is 8.88. The number of nitrogens with one attached hydrogen (secondary N) is 2. The summed E-state index contributed by atoms with van der Waals surface area (Å²) < 4.78 is 0. The topological polar surface area (TPSA) is 88.5 Å². The molecule has 1 heterocycles. The van der Waals surface area contributed by atoms with Crippen molar-refractivity contribution in [2.45, 2.75) is 12.2 Å². The van der Waals surface area contributed by atoms with Crippen molar-refractivity contribution in [3.05, 3.63) is 41.9 Å². The summed E-state index contributed by atoms with van der Waals surface area (Å²) in [6.45, 7) is 0. The highest BCUT2D eigenvalue weighted by molar-refractivity contribution is 5.83. The molecule has 3 rings (SSSR count). The van der Waals surface area contributed by atoms with Crippen LogP contribution in [0, 0.1) is 0 Å². The van der Waals surface area contributed by atoms with Gasteiger partial charge in [0, 0.05) is 22.8 Å². The lowest BCUT2D eigenvalue weighted by Gasteiger charge is -2.31. The summed E-state index contributed by atoms with van der Waals surface area (Å²) in [5, 5.41) is 31.9. The molecule has 17 heavy (non-hydrogen) atoms. The van der Waals surface area contributed by atoms with Gasteiger partial charge < -0.3 is 25.6 Å². The predicted molar refractivity (Wildman–Crippen MR) is 63.6 cm³/mol. The van der Waals surface area contributed by atoms with Crippen molar-refractivity contribution >= 4 is 16.6 Å². The van der Waals surface area contributed by atoms with Crippen LogP contribution in [0.5, 0.6) is 0 Å². The second-order valence-electron chi connectivity index (χ2n) is 4.09. The van der Waals surface area contributed by atoms with Gasteiger partial charge in [-0.3, -0.25) is 0 Å². The Bertz CT molecular complexity index is 603. The third kappa shape index (κ3) is 1.48. The summed E-state index contributed by atoms with van der Waals surface area (Å²) in [5.41, 5.74) is 2.03. The van der Waals surface area contributed by atoms with Gasteiger partial charge in [-0.1, -0.05) is 0 Å². The van der Waals surface area contributed by atoms with Crippen molar-refractivity contribution in [3.63, 3.8) is 0 Å². The zero-order valence-corrected chi connectivity index (χ0v) is 8.88. The Kier molecular flexibility index (Phi) is 2.10. The lowest BCUT2D eigenvalue weighted by Crippen LogP contribution is -2.43. The summed E-state index contributed by atoms with van der Waals surface area (Å²) in [5.74, 6) is -0.202. The normalized spacial score (nSPS) is 23.9. The van der Waals surface area contributed by atoms with Crippen LogP contribution in [0.4, 0.5) is 5.69 Å². The Hall–Kier alpha value is -1.98. The molecule has 0 radical (unpaired) electrons. The summed E-state index contributed by atoms with van der Waals surface area (Å²) in [4.78, 5) is 3.07. The van der Waals surface area contributed by atoms with Gasteiger partial charge in [-0.15, -0.1) is 0 Å². The maximum atomic E-state index is 9.44. The molecule has 0 saturated carbocycles. The van der Waals surface area contributed by atoms with Crippen LogP contribution in [-0.4, -0.2) is 32.5 Å². The standard InChI is InChI=1S/C12H12N2O3/c15-10-9(11(16)12(10)17)14-7-1-2-8-6(5-7)3-4-13-8/h1-5,10,12-17H. The minimum Gasteiger partial charge on any atom is -0.507 e. The number of aliphatic hydroxyl groups excluding tert-OH is 3. The molecule has 0 saturated heterocycles. The number of anilines is 1. The number of aromatic amines is 1. The van der Waals surface area contributed by atoms with Gasteiger partial charge in [0.2, 0.25) is 0 Å². The number of H-pyrrole nitrogens is 1. The Morgan fingerprint density at radius 3 is 2.71 bits per heavy atom. The summed E-state index contributed by atoms with van der Waals surface area (Å²) in [6, 6.07) is 7.55. The summed E-state index contributed by atoms with van der Waals surface area (Å²) >= 11 is 0. The fourth-order valence-corrected chi connectivity index (χ4v) is 1.95. The molecule has 1 aliphatic carbocycles. The van der Waals surface area contributed by atoms with E-state index in [1.54, 1.807) is 0 Å². The Morgan fingerprint density at radius 2 is 1.94 bits per heavy atom. The molecule has 0 amide bonds. The van der Waals surface area contributed by atoms with E-state index in [-0.39, 0.29) is 11.5 Å². The van der Waals surface area contributed by atoms with Gasteiger partial charge in [0.05, 0.1) is 5.70 Å². The Morgan fingerprint density at radius 1 is 1.12 bits per heavy atom. The molecule has 1 aliphatic rings. The molecule has 2 aromatic rings. The molecule has 2 unspecified atom stereocenters. The first-order valence-corrected chi connectivity index (χ1v) is 5.30. The van der Waals surface area contributed by atoms with Gasteiger partial charge >= 0.3 is 0 Å². The van der Waals surface area contributed by atoms with Gasteiger partial charge in [0.15, 0.2) is 0 Å². The monoisotopic (exact) mass is 232 g/mol. The minimum absolute atomic E-state index is 0.202. The lowest BCUT2D eigenvalue weighted by atomic mass is 9.95. The highest BCUT2D eigenvalue weighted by atomic mass is 16.4. The average molecular weight is 232 g/mol. The zero-order chi connectivity index (χ0) is 12.0. The molecular formula is C12H12N2O3. The van der Waals surface area contributed by atoms with Crippen LogP contribution >= 0.6 is 0 Å². The molecule has 5 N–H and O–H groups in total. The van der Waals surface area contributed by atoms with Crippen molar-refractivity contribution in [2.75, 3.05) is 5.32 Å². The van der Waals surface area contributed by atoms with Crippen LogP contribution in [0.15, 0.2) is 41.9 Å². The van der Waals surface area contributed by atoms with Crippen LogP contribution in [-0.2, 0) is 0 Å². The first-order chi connectivity index (χ1) is 8.16. The van der Waals surface area contributed by atoms with Gasteiger partial charge in [0.25, 0.3) is 0 Å². The Balaban J connectivity index is 1.91. The van der Waals surface area contributed by atoms with Crippen LogP contribution in [0.2, 0.25) is 0 Å². The second-order valence-corrected chi connectivity index (χ2v) is 4.09. The number of fused-ring (bicyclic) bond motifs is 1. The predicted octanol–water partition coefficient (Wildman–Crippen LogP) is 1.08. The van der Waals surface area contributed by atoms with Crippen LogP contribution < -0.4 is 5.32 Å². The lowest BCUT2D eigenvalue weighted by molar-refractivity contribution is 0.00274. The van der Waals surface area contributed by atoms with Crippen molar-refractivity contribution < 1.29 is 15.3 Å². The van der Waals surface area contributed by atoms with E-state index in [4.69, 9.17) is 5.11 Å². The number of aromatic nitrogens is 1. The van der Waals surface area contributed by atoms with Gasteiger partial charge in [-0.2, -0.15) is 0 Å². The first-order valence-electron chi connectivity index (χ1n) is 5.30. The quantitative estimate of drug-likeness (QED) is 0.536. The average Bonchev–Trinajstić information content (AvgIpc) is 2.81. The third-order valence-corrected chi connectivity index (χ3v) is 2.98. The van der Waals surface area contributed by atoms with Crippen LogP contribution in [0.1, 0.15) is 0 Å². The van der Waals surface area contributed by atoms with E-state index < -0.39 is 12.2 Å². The molecule has 5 heteroatoms. The Labute approximate surface area is 97.0 Å². The van der Waals surface area contributed by atoms with Gasteiger partial charge in [0.1, 0.15) is 18.0 Å². The van der Waals surface area contributed by atoms with Gasteiger partial charge in [-0.25, -0.2) is 0 Å². The second kappa shape index (κ2) is 3.51. The summed E-state index contributed by atoms with van der Waals surface area (Å²) in [6.07, 6.45) is -0.377. The van der Waals surface area contributed by atoms with Gasteiger partial charge in [-0.05, 0) is 24.3 Å². The fourth-order valence-electron chi connectivity index (χ4n) is 1.95. The van der Waals surface area contributed by atoms with E-state index in [0.717, 1.165) is 16.6 Å². The van der Waals surface area contributed by atoms with Crippen LogP contribution in [0.3, 0.4) is 0 Å². The molecule has 2 atom stereocenters. The minimum atomic E-state index is -1.17. The molecule has 5 nitrogen and oxygen atoms in total.